The van der Waals surface area contributed by atoms with Crippen molar-refractivity contribution in [2.75, 3.05) is 0 Å². The van der Waals surface area contributed by atoms with Crippen LogP contribution in [0.25, 0.3) is 21.8 Å². The quantitative estimate of drug-likeness (QED) is 0.146. The number of allylic oxidation sites excluding steroid dienone is 2. The van der Waals surface area contributed by atoms with Crippen molar-refractivity contribution < 1.29 is 22.9 Å². The summed E-state index contributed by atoms with van der Waals surface area (Å²) in [5.74, 6) is -0.246. The molecule has 5 aromatic rings. The van der Waals surface area contributed by atoms with Crippen LogP contribution in [0.4, 0.5) is 0 Å². The van der Waals surface area contributed by atoms with E-state index in [2.05, 4.69) is 4.98 Å². The van der Waals surface area contributed by atoms with E-state index in [9.17, 15) is 23.3 Å². The van der Waals surface area contributed by atoms with Gasteiger partial charge in [0.25, 0.3) is 0 Å². The third-order valence-corrected chi connectivity index (χ3v) is 8.78. The Balaban J connectivity index is 1.18. The van der Waals surface area contributed by atoms with Crippen LogP contribution in [-0.2, 0) is 23.2 Å². The van der Waals surface area contributed by atoms with Crippen LogP contribution >= 0.6 is 0 Å². The fraction of sp³-hybridized carbons (Fsp3) is 0.125. The Morgan fingerprint density at radius 2 is 1.79 bits per heavy atom. The van der Waals surface area contributed by atoms with Gasteiger partial charge in [0.2, 0.25) is 15.8 Å². The highest BCUT2D eigenvalue weighted by molar-refractivity contribution is 7.90. The number of carbonyl (C=O) groups excluding carboxylic acids is 1. The predicted octanol–water partition coefficient (Wildman–Crippen LogP) is 4.80. The third kappa shape index (κ3) is 5.31. The number of rotatable bonds is 9. The molecule has 6 rings (SSSR count). The first-order valence-corrected chi connectivity index (χ1v) is 15.0. The number of primary sulfonamides is 1. The first-order chi connectivity index (χ1) is 20.6. The Morgan fingerprint density at radius 1 is 1.00 bits per heavy atom. The van der Waals surface area contributed by atoms with Gasteiger partial charge >= 0.3 is 5.54 Å². The Labute approximate surface area is 246 Å². The largest absolute Gasteiger partial charge is 0.487 e. The van der Waals surface area contributed by atoms with Crippen molar-refractivity contribution in [3.8, 4) is 5.75 Å². The minimum Gasteiger partial charge on any atom is -0.487 e. The summed E-state index contributed by atoms with van der Waals surface area (Å²) in [6.45, 7) is 0.873. The Hall–Kier alpha value is -5.13. The molecule has 2 atom stereocenters. The molecule has 2 unspecified atom stereocenters. The number of benzene rings is 3. The number of para-hydroxylation sites is 1. The second-order valence-corrected chi connectivity index (χ2v) is 12.0. The monoisotopic (exact) mass is 594 g/mol. The summed E-state index contributed by atoms with van der Waals surface area (Å²) >= 11 is 0. The number of ether oxygens (including phenoxy) is 1. The summed E-state index contributed by atoms with van der Waals surface area (Å²) in [6.07, 6.45) is 6.53. The van der Waals surface area contributed by atoms with Gasteiger partial charge in [-0.3, -0.25) is 14.9 Å². The number of hydrogen-bond donors (Lipinski definition) is 1. The second kappa shape index (κ2) is 10.9. The number of carbonyl (C=O) groups is 1. The van der Waals surface area contributed by atoms with Gasteiger partial charge in [0, 0.05) is 45.6 Å². The number of hydrogen-bond acceptors (Lipinski definition) is 7. The average Bonchev–Trinajstić information content (AvgIpc) is 3.41. The van der Waals surface area contributed by atoms with Crippen LogP contribution in [0, 0.1) is 10.1 Å². The van der Waals surface area contributed by atoms with Crippen LogP contribution < -0.4 is 9.88 Å². The van der Waals surface area contributed by atoms with E-state index in [1.807, 2.05) is 71.4 Å². The van der Waals surface area contributed by atoms with Gasteiger partial charge in [-0.25, -0.2) is 18.5 Å². The molecule has 43 heavy (non-hydrogen) atoms. The zero-order chi connectivity index (χ0) is 30.2. The summed E-state index contributed by atoms with van der Waals surface area (Å²) < 4.78 is 32.4. The summed E-state index contributed by atoms with van der Waals surface area (Å²) in [5.41, 5.74) is 1.01. The van der Waals surface area contributed by atoms with E-state index >= 15 is 0 Å². The summed E-state index contributed by atoms with van der Waals surface area (Å²) in [7, 11) is -4.45. The fourth-order valence-corrected chi connectivity index (χ4v) is 6.45. The smallest absolute Gasteiger partial charge is 0.323 e. The Kier molecular flexibility index (Phi) is 7.12. The summed E-state index contributed by atoms with van der Waals surface area (Å²) in [4.78, 5) is 29.4. The molecule has 1 aliphatic carbocycles. The summed E-state index contributed by atoms with van der Waals surface area (Å²) in [5, 5.41) is 17.4. The molecule has 0 fully saturated rings. The number of fused-ring (bicyclic) bond motifs is 2. The number of nitrogens with zero attached hydrogens (tertiary/aromatic N) is 3. The SMILES string of the molecule is NS(=O)(=O)C1C=CC=CC1(C(=O)c1ccc2c(ccn2Cc2ccc(OCc3ccc4ccccc4n3)cc2)c1)[N+](=O)[O-]. The molecular formula is C32H26N4O6S. The van der Waals surface area contributed by atoms with Crippen LogP contribution in [0.2, 0.25) is 0 Å². The molecule has 0 aliphatic heterocycles. The second-order valence-electron chi connectivity index (χ2n) is 10.3. The number of sulfonamides is 1. The number of aromatic nitrogens is 2. The number of ketones is 1. The zero-order valence-corrected chi connectivity index (χ0v) is 23.6. The number of pyridine rings is 1. The maximum atomic E-state index is 13.5. The molecule has 10 nitrogen and oxygen atoms in total. The third-order valence-electron chi connectivity index (χ3n) is 7.55. The van der Waals surface area contributed by atoms with Crippen molar-refractivity contribution in [3.63, 3.8) is 0 Å². The molecule has 2 heterocycles. The number of nitrogens with two attached hydrogens (primary N) is 1. The van der Waals surface area contributed by atoms with Crippen LogP contribution in [0.1, 0.15) is 21.6 Å². The lowest BCUT2D eigenvalue weighted by molar-refractivity contribution is -0.533. The molecule has 2 N–H and O–H groups in total. The van der Waals surface area contributed by atoms with Crippen molar-refractivity contribution in [1.29, 1.82) is 0 Å². The molecule has 0 spiro atoms. The molecular weight excluding hydrogens is 568 g/mol. The molecule has 1 aliphatic rings. The fourth-order valence-electron chi connectivity index (χ4n) is 5.37. The van der Waals surface area contributed by atoms with Gasteiger partial charge in [0.1, 0.15) is 12.4 Å². The average molecular weight is 595 g/mol. The van der Waals surface area contributed by atoms with Crippen molar-refractivity contribution in [3.05, 3.63) is 142 Å². The first kappa shape index (κ1) is 28.0. The van der Waals surface area contributed by atoms with Crippen LogP contribution in [0.5, 0.6) is 5.75 Å². The van der Waals surface area contributed by atoms with Gasteiger partial charge in [-0.15, -0.1) is 0 Å². The topological polar surface area (TPSA) is 147 Å². The first-order valence-electron chi connectivity index (χ1n) is 13.4. The highest BCUT2D eigenvalue weighted by Gasteiger charge is 2.59. The van der Waals surface area contributed by atoms with Gasteiger partial charge in [-0.05, 0) is 54.1 Å². The predicted molar refractivity (Wildman–Crippen MR) is 163 cm³/mol. The molecule has 0 radical (unpaired) electrons. The van der Waals surface area contributed by atoms with E-state index in [0.29, 0.717) is 24.3 Å². The van der Waals surface area contributed by atoms with E-state index in [-0.39, 0.29) is 5.56 Å². The molecule has 0 bridgehead atoms. The van der Waals surface area contributed by atoms with Crippen LogP contribution in [0.15, 0.2) is 115 Å². The van der Waals surface area contributed by atoms with E-state index in [1.54, 1.807) is 12.1 Å². The maximum Gasteiger partial charge on any atom is 0.323 e. The molecule has 216 valence electrons. The molecule has 0 saturated carbocycles. The number of Topliss-reactive ketones (excluding diaryl/α,β-unsaturated/α-hetero) is 1. The van der Waals surface area contributed by atoms with E-state index < -0.39 is 31.5 Å². The van der Waals surface area contributed by atoms with Crippen LogP contribution in [-0.4, -0.2) is 39.5 Å². The van der Waals surface area contributed by atoms with Crippen molar-refractivity contribution in [2.24, 2.45) is 5.14 Å². The van der Waals surface area contributed by atoms with Crippen molar-refractivity contribution in [1.82, 2.24) is 9.55 Å². The van der Waals surface area contributed by atoms with Gasteiger partial charge in [-0.2, -0.15) is 0 Å². The standard InChI is InChI=1S/C32H26N4O6S/c33-43(40,41)30-7-3-4-17-32(30,36(38)39)31(37)25-11-15-29-24(19-25)16-18-35(29)20-22-8-13-27(14-9-22)42-21-26-12-10-23-5-1-2-6-28(23)34-26/h1-19,30H,20-21H2,(H2,33,40,41). The molecule has 2 aromatic heterocycles. The van der Waals surface area contributed by atoms with Gasteiger partial charge in [-0.1, -0.05) is 54.6 Å². The minimum absolute atomic E-state index is 0.0120. The highest BCUT2D eigenvalue weighted by Crippen LogP contribution is 2.32. The van der Waals surface area contributed by atoms with E-state index in [4.69, 9.17) is 9.88 Å². The van der Waals surface area contributed by atoms with Gasteiger partial charge in [0.15, 0.2) is 5.25 Å². The van der Waals surface area contributed by atoms with E-state index in [0.717, 1.165) is 39.8 Å². The normalized spacial score (nSPS) is 18.2. The number of nitro groups is 1. The Morgan fingerprint density at radius 3 is 2.56 bits per heavy atom. The van der Waals surface area contributed by atoms with Crippen molar-refractivity contribution in [2.45, 2.75) is 23.9 Å². The highest BCUT2D eigenvalue weighted by atomic mass is 32.2. The lowest BCUT2D eigenvalue weighted by Gasteiger charge is -2.27. The van der Waals surface area contributed by atoms with Crippen LogP contribution in [0.3, 0.4) is 0 Å². The maximum absolute atomic E-state index is 13.5. The summed E-state index contributed by atoms with van der Waals surface area (Å²) in [6, 6.07) is 26.1. The minimum atomic E-state index is -4.45. The Bertz CT molecular complexity index is 2050. The van der Waals surface area contributed by atoms with Gasteiger partial charge < -0.3 is 9.30 Å². The molecule has 0 saturated heterocycles. The van der Waals surface area contributed by atoms with Crippen molar-refractivity contribution >= 4 is 37.6 Å². The molecule has 3 aromatic carbocycles. The zero-order valence-electron chi connectivity index (χ0n) is 22.7. The van der Waals surface area contributed by atoms with Gasteiger partial charge in [0.05, 0.1) is 11.2 Å². The molecule has 11 heteroatoms. The lowest BCUT2D eigenvalue weighted by Crippen LogP contribution is -2.58. The lowest BCUT2D eigenvalue weighted by atomic mass is 9.83. The molecule has 0 amide bonds. The van der Waals surface area contributed by atoms with E-state index in [1.165, 1.54) is 24.3 Å².